The molecule has 144 valence electrons. The first-order valence-corrected chi connectivity index (χ1v) is 8.50. The molecule has 1 heterocycles. The van der Waals surface area contributed by atoms with Crippen LogP contribution in [-0.2, 0) is 6.42 Å². The van der Waals surface area contributed by atoms with Crippen molar-refractivity contribution in [3.8, 4) is 11.5 Å². The van der Waals surface area contributed by atoms with Crippen LogP contribution in [0.25, 0.3) is 10.9 Å². The van der Waals surface area contributed by atoms with Crippen molar-refractivity contribution in [2.24, 2.45) is 4.99 Å². The van der Waals surface area contributed by atoms with Gasteiger partial charge >= 0.3 is 0 Å². The van der Waals surface area contributed by atoms with Gasteiger partial charge in [-0.15, -0.1) is 24.0 Å². The topological polar surface area (TPSA) is 70.7 Å². The second kappa shape index (κ2) is 10.1. The Labute approximate surface area is 176 Å². The number of nitrogens with zero attached hydrogens (tertiary/aromatic N) is 1. The van der Waals surface area contributed by atoms with Crippen LogP contribution in [0.5, 0.6) is 11.5 Å². The lowest BCUT2D eigenvalue weighted by Gasteiger charge is -2.14. The number of benzene rings is 2. The molecular weight excluding hydrogens is 455 g/mol. The molecule has 0 aliphatic rings. The molecule has 0 radical (unpaired) electrons. The highest BCUT2D eigenvalue weighted by atomic mass is 127. The number of hydrogen-bond donors (Lipinski definition) is 3. The highest BCUT2D eigenvalue weighted by Crippen LogP contribution is 2.29. The number of hydrogen-bond acceptors (Lipinski definition) is 3. The van der Waals surface area contributed by atoms with Crippen LogP contribution in [0.4, 0.5) is 5.69 Å². The number of fused-ring (bicyclic) bond motifs is 1. The normalized spacial score (nSPS) is 11.0. The number of para-hydroxylation sites is 1. The van der Waals surface area contributed by atoms with Crippen molar-refractivity contribution in [3.63, 3.8) is 0 Å². The van der Waals surface area contributed by atoms with Crippen molar-refractivity contribution in [2.75, 3.05) is 33.1 Å². The maximum Gasteiger partial charge on any atom is 0.195 e. The minimum Gasteiger partial charge on any atom is -0.493 e. The molecule has 3 aromatic rings. The number of methoxy groups -OCH3 is 2. The van der Waals surface area contributed by atoms with Gasteiger partial charge in [0.25, 0.3) is 0 Å². The Morgan fingerprint density at radius 3 is 2.59 bits per heavy atom. The van der Waals surface area contributed by atoms with Gasteiger partial charge < -0.3 is 25.1 Å². The number of H-pyrrole nitrogens is 1. The van der Waals surface area contributed by atoms with E-state index >= 15 is 0 Å². The molecule has 0 aliphatic carbocycles. The zero-order valence-corrected chi connectivity index (χ0v) is 18.0. The third-order valence-electron chi connectivity index (χ3n) is 4.23. The molecule has 0 atom stereocenters. The summed E-state index contributed by atoms with van der Waals surface area (Å²) < 4.78 is 10.6. The van der Waals surface area contributed by atoms with E-state index in [1.165, 1.54) is 10.9 Å². The highest BCUT2D eigenvalue weighted by molar-refractivity contribution is 14.0. The van der Waals surface area contributed by atoms with Gasteiger partial charge in [0.1, 0.15) is 0 Å². The minimum absolute atomic E-state index is 0. The summed E-state index contributed by atoms with van der Waals surface area (Å²) in [4.78, 5) is 7.58. The Morgan fingerprint density at radius 2 is 1.85 bits per heavy atom. The van der Waals surface area contributed by atoms with Gasteiger partial charge in [-0.2, -0.15) is 0 Å². The molecule has 0 unspecified atom stereocenters. The van der Waals surface area contributed by atoms with Crippen LogP contribution in [0.15, 0.2) is 53.7 Å². The molecule has 1 aromatic heterocycles. The molecule has 0 amide bonds. The summed E-state index contributed by atoms with van der Waals surface area (Å²) in [6.45, 7) is 0.773. The first-order chi connectivity index (χ1) is 12.7. The smallest absolute Gasteiger partial charge is 0.195 e. The van der Waals surface area contributed by atoms with Crippen molar-refractivity contribution < 1.29 is 9.47 Å². The van der Waals surface area contributed by atoms with Crippen molar-refractivity contribution in [1.82, 2.24) is 10.3 Å². The predicted molar refractivity (Wildman–Crippen MR) is 122 cm³/mol. The van der Waals surface area contributed by atoms with Crippen LogP contribution in [0.1, 0.15) is 5.56 Å². The molecule has 0 saturated heterocycles. The molecule has 0 saturated carbocycles. The lowest BCUT2D eigenvalue weighted by atomic mass is 10.1. The fraction of sp³-hybridized carbons (Fsp3) is 0.250. The van der Waals surface area contributed by atoms with E-state index in [2.05, 4.69) is 45.0 Å². The predicted octanol–water partition coefficient (Wildman–Crippen LogP) is 4.03. The molecule has 0 fully saturated rings. The first kappa shape index (κ1) is 20.9. The van der Waals surface area contributed by atoms with E-state index in [1.807, 2.05) is 24.3 Å². The zero-order valence-electron chi connectivity index (χ0n) is 15.7. The molecule has 27 heavy (non-hydrogen) atoms. The minimum atomic E-state index is 0. The van der Waals surface area contributed by atoms with E-state index in [1.54, 1.807) is 21.3 Å². The van der Waals surface area contributed by atoms with Gasteiger partial charge in [0.2, 0.25) is 0 Å². The number of aromatic nitrogens is 1. The zero-order chi connectivity index (χ0) is 18.4. The molecule has 2 aromatic carbocycles. The van der Waals surface area contributed by atoms with Gasteiger partial charge in [-0.1, -0.05) is 18.2 Å². The van der Waals surface area contributed by atoms with Crippen LogP contribution < -0.4 is 20.1 Å². The molecule has 3 rings (SSSR count). The number of halogens is 1. The largest absolute Gasteiger partial charge is 0.493 e. The lowest BCUT2D eigenvalue weighted by Crippen LogP contribution is -2.32. The van der Waals surface area contributed by atoms with E-state index in [9.17, 15) is 0 Å². The Bertz CT molecular complexity index is 908. The number of ether oxygens (including phenoxy) is 2. The van der Waals surface area contributed by atoms with Crippen molar-refractivity contribution in [3.05, 3.63) is 54.2 Å². The van der Waals surface area contributed by atoms with Gasteiger partial charge in [0, 0.05) is 42.4 Å². The van der Waals surface area contributed by atoms with E-state index < -0.39 is 0 Å². The maximum absolute atomic E-state index is 5.33. The average molecular weight is 480 g/mol. The Kier molecular flexibility index (Phi) is 7.78. The van der Waals surface area contributed by atoms with Gasteiger partial charge in [0.05, 0.1) is 14.2 Å². The fourth-order valence-corrected chi connectivity index (χ4v) is 2.88. The van der Waals surface area contributed by atoms with Crippen molar-refractivity contribution in [1.29, 1.82) is 0 Å². The number of aromatic amines is 1. The van der Waals surface area contributed by atoms with E-state index in [0.29, 0.717) is 17.5 Å². The highest BCUT2D eigenvalue weighted by Gasteiger charge is 2.07. The quantitative estimate of drug-likeness (QED) is 0.283. The summed E-state index contributed by atoms with van der Waals surface area (Å²) >= 11 is 0. The summed E-state index contributed by atoms with van der Waals surface area (Å²) in [5, 5.41) is 7.87. The van der Waals surface area contributed by atoms with Crippen molar-refractivity contribution >= 4 is 46.5 Å². The molecule has 0 spiro atoms. The number of rotatable bonds is 6. The summed E-state index contributed by atoms with van der Waals surface area (Å²) in [5.74, 6) is 2.07. The number of anilines is 1. The van der Waals surface area contributed by atoms with E-state index in [-0.39, 0.29) is 24.0 Å². The standard InChI is InChI=1S/C20H24N4O2.HI/c1-21-20(24-15-8-9-18(25-2)19(12-15)26-3)22-11-10-14-13-23-17-7-5-4-6-16(14)17;/h4-9,12-13,23H,10-11H2,1-3H3,(H2,21,22,24);1H. The molecule has 6 nitrogen and oxygen atoms in total. The molecule has 3 N–H and O–H groups in total. The summed E-state index contributed by atoms with van der Waals surface area (Å²) in [6.07, 6.45) is 2.97. The molecule has 7 heteroatoms. The monoisotopic (exact) mass is 480 g/mol. The van der Waals surface area contributed by atoms with Crippen LogP contribution >= 0.6 is 24.0 Å². The van der Waals surface area contributed by atoms with Crippen molar-refractivity contribution in [2.45, 2.75) is 6.42 Å². The third-order valence-corrected chi connectivity index (χ3v) is 4.23. The van der Waals surface area contributed by atoms with Crippen LogP contribution in [0.3, 0.4) is 0 Å². The first-order valence-electron chi connectivity index (χ1n) is 8.50. The van der Waals surface area contributed by atoms with Crippen LogP contribution in [0, 0.1) is 0 Å². The van der Waals surface area contributed by atoms with Gasteiger partial charge in [-0.3, -0.25) is 4.99 Å². The number of nitrogens with one attached hydrogen (secondary N) is 3. The number of aliphatic imine (C=N–C) groups is 1. The van der Waals surface area contributed by atoms with Gasteiger partial charge in [0.15, 0.2) is 17.5 Å². The van der Waals surface area contributed by atoms with Crippen LogP contribution in [-0.4, -0.2) is 38.8 Å². The van der Waals surface area contributed by atoms with Gasteiger partial charge in [-0.25, -0.2) is 0 Å². The Morgan fingerprint density at radius 1 is 1.07 bits per heavy atom. The Hall–Kier alpha value is -2.42. The molecular formula is C20H25IN4O2. The second-order valence-electron chi connectivity index (χ2n) is 5.80. The second-order valence-corrected chi connectivity index (χ2v) is 5.80. The van der Waals surface area contributed by atoms with E-state index in [0.717, 1.165) is 24.2 Å². The summed E-state index contributed by atoms with van der Waals surface area (Å²) in [7, 11) is 4.99. The summed E-state index contributed by atoms with van der Waals surface area (Å²) in [6, 6.07) is 14.0. The SMILES string of the molecule is CN=C(NCCc1c[nH]c2ccccc12)Nc1ccc(OC)c(OC)c1.I. The fourth-order valence-electron chi connectivity index (χ4n) is 2.88. The van der Waals surface area contributed by atoms with Gasteiger partial charge in [-0.05, 0) is 30.2 Å². The Balaban J connectivity index is 0.00000261. The molecule has 0 aliphatic heterocycles. The van der Waals surface area contributed by atoms with E-state index in [4.69, 9.17) is 9.47 Å². The van der Waals surface area contributed by atoms with Crippen LogP contribution in [0.2, 0.25) is 0 Å². The third kappa shape index (κ3) is 5.06. The average Bonchev–Trinajstić information content (AvgIpc) is 3.10. The maximum atomic E-state index is 5.33. The summed E-state index contributed by atoms with van der Waals surface area (Å²) in [5.41, 5.74) is 3.33. The molecule has 0 bridgehead atoms. The lowest BCUT2D eigenvalue weighted by molar-refractivity contribution is 0.355. The number of guanidine groups is 1.